The molecule has 2 aliphatic rings. The fraction of sp³-hybridized carbons (Fsp3) is 0.857. The van der Waals surface area contributed by atoms with Crippen LogP contribution in [0.2, 0.25) is 0 Å². The second kappa shape index (κ2) is 6.41. The van der Waals surface area contributed by atoms with Crippen LogP contribution in [0, 0.1) is 5.92 Å². The first-order chi connectivity index (χ1) is 8.33. The van der Waals surface area contributed by atoms with Crippen LogP contribution in [0.25, 0.3) is 0 Å². The van der Waals surface area contributed by atoms with E-state index in [1.54, 1.807) is 0 Å². The molecular formula is C14H25NO2. The average molecular weight is 239 g/mol. The zero-order valence-corrected chi connectivity index (χ0v) is 11.1. The fourth-order valence-corrected chi connectivity index (χ4v) is 2.77. The van der Waals surface area contributed by atoms with E-state index in [2.05, 4.69) is 18.3 Å². The third-order valence-electron chi connectivity index (χ3n) is 3.82. The Hall–Kier alpha value is -0.540. The molecule has 1 N–H and O–H groups in total. The van der Waals surface area contributed by atoms with Gasteiger partial charge < -0.3 is 14.8 Å². The van der Waals surface area contributed by atoms with E-state index in [-0.39, 0.29) is 0 Å². The molecule has 0 aromatic rings. The summed E-state index contributed by atoms with van der Waals surface area (Å²) in [6.07, 6.45) is 8.73. The lowest BCUT2D eigenvalue weighted by Crippen LogP contribution is -2.38. The third kappa shape index (κ3) is 3.46. The van der Waals surface area contributed by atoms with Crippen molar-refractivity contribution in [1.82, 2.24) is 5.32 Å². The molecule has 17 heavy (non-hydrogen) atoms. The predicted octanol–water partition coefficient (Wildman–Crippen LogP) is 2.47. The minimum Gasteiger partial charge on any atom is -0.497 e. The Morgan fingerprint density at radius 2 is 2.35 bits per heavy atom. The molecule has 2 rings (SSSR count). The minimum absolute atomic E-state index is 0.405. The normalized spacial score (nSPS) is 30.1. The van der Waals surface area contributed by atoms with Crippen LogP contribution in [0.5, 0.6) is 0 Å². The molecule has 1 saturated carbocycles. The van der Waals surface area contributed by atoms with Crippen LogP contribution in [0.3, 0.4) is 0 Å². The number of allylic oxidation sites excluding steroid dienone is 1. The lowest BCUT2D eigenvalue weighted by atomic mass is 9.78. The van der Waals surface area contributed by atoms with Crippen molar-refractivity contribution in [2.24, 2.45) is 5.92 Å². The molecule has 1 aliphatic carbocycles. The summed E-state index contributed by atoms with van der Waals surface area (Å²) < 4.78 is 11.3. The molecule has 0 saturated heterocycles. The highest BCUT2D eigenvalue weighted by Gasteiger charge is 2.32. The van der Waals surface area contributed by atoms with Crippen molar-refractivity contribution in [1.29, 1.82) is 0 Å². The quantitative estimate of drug-likeness (QED) is 0.772. The minimum atomic E-state index is 0.405. The lowest BCUT2D eigenvalue weighted by Gasteiger charge is -2.37. The highest BCUT2D eigenvalue weighted by atomic mass is 16.5. The Morgan fingerprint density at radius 1 is 1.53 bits per heavy atom. The molecule has 0 aromatic heterocycles. The molecule has 1 heterocycles. The van der Waals surface area contributed by atoms with Gasteiger partial charge in [0.25, 0.3) is 0 Å². The van der Waals surface area contributed by atoms with Crippen LogP contribution < -0.4 is 5.32 Å². The highest BCUT2D eigenvalue weighted by molar-refractivity contribution is 5.06. The molecule has 0 bridgehead atoms. The number of ether oxygens (including phenoxy) is 2. The molecule has 1 atom stereocenters. The average Bonchev–Trinajstić information content (AvgIpc) is 2.33. The van der Waals surface area contributed by atoms with Crippen molar-refractivity contribution in [3.63, 3.8) is 0 Å². The Balaban J connectivity index is 1.75. The van der Waals surface area contributed by atoms with E-state index in [9.17, 15) is 0 Å². The molecule has 0 spiro atoms. The van der Waals surface area contributed by atoms with E-state index >= 15 is 0 Å². The number of hydrogen-bond acceptors (Lipinski definition) is 3. The molecule has 98 valence electrons. The fourth-order valence-electron chi connectivity index (χ4n) is 2.77. The molecular weight excluding hydrogens is 214 g/mol. The SMILES string of the molecule is CCOC1CC(CC(NC)C2=CCCCO2)C1. The van der Waals surface area contributed by atoms with Crippen molar-refractivity contribution in [3.8, 4) is 0 Å². The summed E-state index contributed by atoms with van der Waals surface area (Å²) in [5.74, 6) is 1.97. The van der Waals surface area contributed by atoms with Crippen molar-refractivity contribution >= 4 is 0 Å². The molecule has 1 fully saturated rings. The van der Waals surface area contributed by atoms with Gasteiger partial charge in [0, 0.05) is 6.61 Å². The largest absolute Gasteiger partial charge is 0.497 e. The smallest absolute Gasteiger partial charge is 0.109 e. The number of likely N-dealkylation sites (N-methyl/N-ethyl adjacent to an activating group) is 1. The van der Waals surface area contributed by atoms with E-state index in [0.717, 1.165) is 25.6 Å². The van der Waals surface area contributed by atoms with Crippen molar-refractivity contribution in [2.45, 2.75) is 51.2 Å². The second-order valence-corrected chi connectivity index (χ2v) is 5.09. The van der Waals surface area contributed by atoms with Crippen LogP contribution >= 0.6 is 0 Å². The van der Waals surface area contributed by atoms with Gasteiger partial charge in [-0.2, -0.15) is 0 Å². The van der Waals surface area contributed by atoms with Gasteiger partial charge >= 0.3 is 0 Å². The number of rotatable bonds is 6. The van der Waals surface area contributed by atoms with Gasteiger partial charge in [-0.1, -0.05) is 0 Å². The summed E-state index contributed by atoms with van der Waals surface area (Å²) >= 11 is 0. The number of hydrogen-bond donors (Lipinski definition) is 1. The molecule has 0 radical (unpaired) electrons. The monoisotopic (exact) mass is 239 g/mol. The standard InChI is InChI=1S/C14H25NO2/c1-3-16-12-8-11(9-12)10-13(15-2)14-6-4-5-7-17-14/h6,11-13,15H,3-5,7-10H2,1-2H3. The van der Waals surface area contributed by atoms with Crippen LogP contribution in [0.4, 0.5) is 0 Å². The first kappa shape index (κ1) is 12.9. The highest BCUT2D eigenvalue weighted by Crippen LogP contribution is 2.35. The Bertz CT molecular complexity index is 259. The summed E-state index contributed by atoms with van der Waals surface area (Å²) in [5.41, 5.74) is 0. The molecule has 3 heteroatoms. The van der Waals surface area contributed by atoms with E-state index in [4.69, 9.17) is 9.47 Å². The van der Waals surface area contributed by atoms with E-state index in [1.165, 1.54) is 31.4 Å². The lowest BCUT2D eigenvalue weighted by molar-refractivity contribution is -0.0295. The molecule has 1 unspecified atom stereocenters. The summed E-state index contributed by atoms with van der Waals surface area (Å²) in [6, 6.07) is 0.405. The first-order valence-electron chi connectivity index (χ1n) is 6.95. The van der Waals surface area contributed by atoms with Gasteiger partial charge in [0.15, 0.2) is 0 Å². The molecule has 0 aromatic carbocycles. The summed E-state index contributed by atoms with van der Waals surface area (Å²) in [5, 5.41) is 3.38. The van der Waals surface area contributed by atoms with Crippen molar-refractivity contribution in [2.75, 3.05) is 20.3 Å². The van der Waals surface area contributed by atoms with E-state index in [1.807, 2.05) is 7.05 Å². The van der Waals surface area contributed by atoms with Crippen molar-refractivity contribution in [3.05, 3.63) is 11.8 Å². The maximum atomic E-state index is 5.74. The summed E-state index contributed by atoms with van der Waals surface area (Å²) in [6.45, 7) is 3.81. The molecule has 0 amide bonds. The summed E-state index contributed by atoms with van der Waals surface area (Å²) in [4.78, 5) is 0. The topological polar surface area (TPSA) is 30.5 Å². The summed E-state index contributed by atoms with van der Waals surface area (Å²) in [7, 11) is 2.03. The van der Waals surface area contributed by atoms with Crippen molar-refractivity contribution < 1.29 is 9.47 Å². The first-order valence-corrected chi connectivity index (χ1v) is 6.95. The van der Waals surface area contributed by atoms with Gasteiger partial charge in [0.1, 0.15) is 5.76 Å². The van der Waals surface area contributed by atoms with Crippen LogP contribution in [-0.4, -0.2) is 32.4 Å². The van der Waals surface area contributed by atoms with Crippen LogP contribution in [0.15, 0.2) is 11.8 Å². The maximum absolute atomic E-state index is 5.74. The molecule has 1 aliphatic heterocycles. The van der Waals surface area contributed by atoms with Crippen LogP contribution in [-0.2, 0) is 9.47 Å². The molecule has 3 nitrogen and oxygen atoms in total. The van der Waals surface area contributed by atoms with Gasteiger partial charge in [-0.3, -0.25) is 0 Å². The van der Waals surface area contributed by atoms with E-state index in [0.29, 0.717) is 12.1 Å². The predicted molar refractivity (Wildman–Crippen MR) is 68.9 cm³/mol. The zero-order chi connectivity index (χ0) is 12.1. The third-order valence-corrected chi connectivity index (χ3v) is 3.82. The van der Waals surface area contributed by atoms with Gasteiger partial charge in [-0.25, -0.2) is 0 Å². The van der Waals surface area contributed by atoms with Gasteiger partial charge in [0.2, 0.25) is 0 Å². The van der Waals surface area contributed by atoms with Gasteiger partial charge in [-0.05, 0) is 58.1 Å². The Labute approximate surface area is 105 Å². The maximum Gasteiger partial charge on any atom is 0.109 e. The van der Waals surface area contributed by atoms with Gasteiger partial charge in [-0.15, -0.1) is 0 Å². The number of nitrogens with one attached hydrogen (secondary N) is 1. The second-order valence-electron chi connectivity index (χ2n) is 5.09. The zero-order valence-electron chi connectivity index (χ0n) is 11.1. The van der Waals surface area contributed by atoms with E-state index < -0.39 is 0 Å². The van der Waals surface area contributed by atoms with Crippen LogP contribution in [0.1, 0.15) is 39.0 Å². The Morgan fingerprint density at radius 3 is 2.94 bits per heavy atom. The Kier molecular flexibility index (Phi) is 4.86. The van der Waals surface area contributed by atoms with Gasteiger partial charge in [0.05, 0.1) is 18.8 Å².